The number of aryl methyl sites for hydroxylation is 1. The first-order valence-electron chi connectivity index (χ1n) is 7.49. The number of para-hydroxylation sites is 1. The van der Waals surface area contributed by atoms with E-state index in [1.807, 2.05) is 38.1 Å². The van der Waals surface area contributed by atoms with E-state index in [0.29, 0.717) is 12.0 Å². The maximum atomic E-state index is 12.4. The Labute approximate surface area is 135 Å². The van der Waals surface area contributed by atoms with E-state index >= 15 is 0 Å². The number of amides is 1. The SMILES string of the molecule is Cc1ccccc1-n1ncc(C(=O)N[C@@H]2CCS(=O)(=O)C2)c1C. The van der Waals surface area contributed by atoms with Crippen molar-refractivity contribution in [1.29, 1.82) is 0 Å². The van der Waals surface area contributed by atoms with Crippen LogP contribution in [0.15, 0.2) is 30.5 Å². The lowest BCUT2D eigenvalue weighted by molar-refractivity contribution is 0.0940. The van der Waals surface area contributed by atoms with Crippen LogP contribution < -0.4 is 5.32 Å². The summed E-state index contributed by atoms with van der Waals surface area (Å²) >= 11 is 0. The van der Waals surface area contributed by atoms with Crippen molar-refractivity contribution in [2.75, 3.05) is 11.5 Å². The molecule has 2 aromatic rings. The summed E-state index contributed by atoms with van der Waals surface area (Å²) in [5, 5.41) is 7.11. The Balaban J connectivity index is 1.82. The molecule has 1 aliphatic heterocycles. The van der Waals surface area contributed by atoms with Gasteiger partial charge < -0.3 is 5.32 Å². The van der Waals surface area contributed by atoms with Gasteiger partial charge in [0.25, 0.3) is 5.91 Å². The highest BCUT2D eigenvalue weighted by atomic mass is 32.2. The maximum Gasteiger partial charge on any atom is 0.255 e. The van der Waals surface area contributed by atoms with E-state index in [-0.39, 0.29) is 23.5 Å². The Bertz CT molecular complexity index is 855. The molecule has 2 heterocycles. The van der Waals surface area contributed by atoms with Gasteiger partial charge in [0.15, 0.2) is 9.84 Å². The van der Waals surface area contributed by atoms with E-state index < -0.39 is 9.84 Å². The van der Waals surface area contributed by atoms with Gasteiger partial charge in [-0.25, -0.2) is 13.1 Å². The molecular formula is C16H19N3O3S. The monoisotopic (exact) mass is 333 g/mol. The Morgan fingerprint density at radius 3 is 2.70 bits per heavy atom. The highest BCUT2D eigenvalue weighted by Gasteiger charge is 2.29. The first kappa shape index (κ1) is 15.7. The number of sulfone groups is 1. The lowest BCUT2D eigenvalue weighted by Gasteiger charge is -2.11. The molecule has 122 valence electrons. The average molecular weight is 333 g/mol. The minimum absolute atomic E-state index is 0.0176. The molecule has 1 fully saturated rings. The van der Waals surface area contributed by atoms with Gasteiger partial charge in [-0.2, -0.15) is 5.10 Å². The fourth-order valence-corrected chi connectivity index (χ4v) is 4.52. The molecule has 6 nitrogen and oxygen atoms in total. The summed E-state index contributed by atoms with van der Waals surface area (Å²) in [5.74, 6) is -0.118. The van der Waals surface area contributed by atoms with Gasteiger partial charge >= 0.3 is 0 Å². The van der Waals surface area contributed by atoms with E-state index in [2.05, 4.69) is 10.4 Å². The molecule has 1 aromatic heterocycles. The zero-order valence-electron chi connectivity index (χ0n) is 13.1. The van der Waals surface area contributed by atoms with Crippen LogP contribution in [-0.4, -0.2) is 41.7 Å². The summed E-state index contributed by atoms with van der Waals surface area (Å²) in [6.45, 7) is 3.82. The van der Waals surface area contributed by atoms with Crippen molar-refractivity contribution in [2.24, 2.45) is 0 Å². The van der Waals surface area contributed by atoms with Crippen molar-refractivity contribution < 1.29 is 13.2 Å². The number of carbonyl (C=O) groups excluding carboxylic acids is 1. The standard InChI is InChI=1S/C16H19N3O3S/c1-11-5-3-4-6-15(11)19-12(2)14(9-17-19)16(20)18-13-7-8-23(21,22)10-13/h3-6,9,13H,7-8,10H2,1-2H3,(H,18,20)/t13-/m1/s1. The fourth-order valence-electron chi connectivity index (χ4n) is 2.85. The number of nitrogens with zero attached hydrogens (tertiary/aromatic N) is 2. The second-order valence-electron chi connectivity index (χ2n) is 5.92. The normalized spacial score (nSPS) is 19.7. The molecule has 23 heavy (non-hydrogen) atoms. The summed E-state index contributed by atoms with van der Waals surface area (Å²) in [6.07, 6.45) is 2.00. The third kappa shape index (κ3) is 3.14. The summed E-state index contributed by atoms with van der Waals surface area (Å²) < 4.78 is 24.7. The number of aromatic nitrogens is 2. The lowest BCUT2D eigenvalue weighted by Crippen LogP contribution is -2.35. The summed E-state index contributed by atoms with van der Waals surface area (Å²) in [5.41, 5.74) is 3.19. The Morgan fingerprint density at radius 2 is 2.04 bits per heavy atom. The van der Waals surface area contributed by atoms with Gasteiger partial charge in [-0.1, -0.05) is 18.2 Å². The molecule has 3 rings (SSSR count). The topological polar surface area (TPSA) is 81.1 Å². The second kappa shape index (κ2) is 5.81. The molecule has 0 aliphatic carbocycles. The van der Waals surface area contributed by atoms with Crippen molar-refractivity contribution in [3.05, 3.63) is 47.3 Å². The number of rotatable bonds is 3. The largest absolute Gasteiger partial charge is 0.348 e. The Hall–Kier alpha value is -2.15. The zero-order valence-corrected chi connectivity index (χ0v) is 13.9. The Morgan fingerprint density at radius 1 is 1.30 bits per heavy atom. The van der Waals surface area contributed by atoms with Gasteiger partial charge in [0, 0.05) is 6.04 Å². The van der Waals surface area contributed by atoms with Gasteiger partial charge in [0.05, 0.1) is 34.6 Å². The van der Waals surface area contributed by atoms with Crippen LogP contribution >= 0.6 is 0 Å². The highest BCUT2D eigenvalue weighted by molar-refractivity contribution is 7.91. The number of benzene rings is 1. The molecule has 0 saturated carbocycles. The molecule has 0 radical (unpaired) electrons. The van der Waals surface area contributed by atoms with Crippen molar-refractivity contribution in [3.8, 4) is 5.69 Å². The predicted octanol–water partition coefficient (Wildman–Crippen LogP) is 1.41. The van der Waals surface area contributed by atoms with Crippen molar-refractivity contribution >= 4 is 15.7 Å². The third-order valence-electron chi connectivity index (χ3n) is 4.17. The minimum atomic E-state index is -3.01. The number of hydrogen-bond donors (Lipinski definition) is 1. The number of hydrogen-bond acceptors (Lipinski definition) is 4. The first-order valence-corrected chi connectivity index (χ1v) is 9.31. The van der Waals surface area contributed by atoms with Crippen LogP contribution in [0.5, 0.6) is 0 Å². The molecule has 1 aromatic carbocycles. The molecule has 1 saturated heterocycles. The number of carbonyl (C=O) groups is 1. The van der Waals surface area contributed by atoms with Crippen LogP contribution in [0.25, 0.3) is 5.69 Å². The van der Waals surface area contributed by atoms with Crippen LogP contribution in [0.4, 0.5) is 0 Å². The molecule has 0 spiro atoms. The van der Waals surface area contributed by atoms with Crippen molar-refractivity contribution in [1.82, 2.24) is 15.1 Å². The molecule has 7 heteroatoms. The molecule has 1 aliphatic rings. The third-order valence-corrected chi connectivity index (χ3v) is 5.93. The zero-order chi connectivity index (χ0) is 16.6. The van der Waals surface area contributed by atoms with Gasteiger partial charge in [0.1, 0.15) is 0 Å². The minimum Gasteiger partial charge on any atom is -0.348 e. The average Bonchev–Trinajstić information content (AvgIpc) is 3.02. The maximum absolute atomic E-state index is 12.4. The van der Waals surface area contributed by atoms with Crippen molar-refractivity contribution in [3.63, 3.8) is 0 Å². The van der Waals surface area contributed by atoms with Crippen LogP contribution in [-0.2, 0) is 9.84 Å². The lowest BCUT2D eigenvalue weighted by atomic mass is 10.2. The molecule has 1 amide bonds. The van der Waals surface area contributed by atoms with Crippen LogP contribution in [0.2, 0.25) is 0 Å². The second-order valence-corrected chi connectivity index (χ2v) is 8.14. The summed E-state index contributed by atoms with van der Waals surface area (Å²) in [7, 11) is -3.01. The van der Waals surface area contributed by atoms with E-state index in [1.165, 1.54) is 6.20 Å². The summed E-state index contributed by atoms with van der Waals surface area (Å²) in [6, 6.07) is 7.49. The summed E-state index contributed by atoms with van der Waals surface area (Å²) in [4.78, 5) is 12.4. The highest BCUT2D eigenvalue weighted by Crippen LogP contribution is 2.18. The van der Waals surface area contributed by atoms with Gasteiger partial charge in [-0.15, -0.1) is 0 Å². The molecule has 1 atom stereocenters. The van der Waals surface area contributed by atoms with Gasteiger partial charge in [-0.3, -0.25) is 4.79 Å². The quantitative estimate of drug-likeness (QED) is 0.921. The Kier molecular flexibility index (Phi) is 3.97. The van der Waals surface area contributed by atoms with E-state index in [1.54, 1.807) is 4.68 Å². The molecular weight excluding hydrogens is 314 g/mol. The van der Waals surface area contributed by atoms with Gasteiger partial charge in [0.2, 0.25) is 0 Å². The molecule has 0 unspecified atom stereocenters. The first-order chi connectivity index (χ1) is 10.9. The smallest absolute Gasteiger partial charge is 0.255 e. The van der Waals surface area contributed by atoms with Crippen LogP contribution in [0.1, 0.15) is 28.0 Å². The van der Waals surface area contributed by atoms with Crippen LogP contribution in [0, 0.1) is 13.8 Å². The molecule has 0 bridgehead atoms. The van der Waals surface area contributed by atoms with Crippen molar-refractivity contribution in [2.45, 2.75) is 26.3 Å². The number of nitrogens with one attached hydrogen (secondary N) is 1. The van der Waals surface area contributed by atoms with E-state index in [4.69, 9.17) is 0 Å². The van der Waals surface area contributed by atoms with E-state index in [9.17, 15) is 13.2 Å². The fraction of sp³-hybridized carbons (Fsp3) is 0.375. The predicted molar refractivity (Wildman–Crippen MR) is 87.6 cm³/mol. The van der Waals surface area contributed by atoms with Gasteiger partial charge in [-0.05, 0) is 31.9 Å². The van der Waals surface area contributed by atoms with E-state index in [0.717, 1.165) is 16.9 Å². The van der Waals surface area contributed by atoms with Crippen LogP contribution in [0.3, 0.4) is 0 Å². The molecule has 1 N–H and O–H groups in total.